The molecule has 0 saturated heterocycles. The standard InChI is InChI=1S/C14H24N2O2S/c1-10(2)14(3,4)9-16-11-7-6-8-12(13(11)15)19(5,17)18/h6-8,10,16H,9,15H2,1-5H3. The molecule has 0 radical (unpaired) electrons. The van der Waals surface area contributed by atoms with E-state index in [2.05, 4.69) is 33.0 Å². The van der Waals surface area contributed by atoms with Crippen molar-refractivity contribution >= 4 is 21.2 Å². The van der Waals surface area contributed by atoms with E-state index in [0.29, 0.717) is 17.3 Å². The van der Waals surface area contributed by atoms with Gasteiger partial charge in [0.05, 0.1) is 16.3 Å². The number of para-hydroxylation sites is 1. The molecule has 0 unspecified atom stereocenters. The van der Waals surface area contributed by atoms with E-state index >= 15 is 0 Å². The van der Waals surface area contributed by atoms with E-state index in [-0.39, 0.29) is 10.3 Å². The molecular formula is C14H24N2O2S. The van der Waals surface area contributed by atoms with E-state index in [0.717, 1.165) is 6.54 Å². The summed E-state index contributed by atoms with van der Waals surface area (Å²) in [6, 6.07) is 5.04. The molecule has 0 aromatic heterocycles. The molecule has 19 heavy (non-hydrogen) atoms. The van der Waals surface area contributed by atoms with Crippen LogP contribution in [0.15, 0.2) is 23.1 Å². The Balaban J connectivity index is 2.99. The third-order valence-electron chi connectivity index (χ3n) is 3.76. The minimum atomic E-state index is -3.29. The molecule has 4 nitrogen and oxygen atoms in total. The number of anilines is 2. The molecule has 0 spiro atoms. The van der Waals surface area contributed by atoms with Gasteiger partial charge >= 0.3 is 0 Å². The molecule has 1 rings (SSSR count). The minimum absolute atomic E-state index is 0.105. The van der Waals surface area contributed by atoms with Crippen molar-refractivity contribution in [2.75, 3.05) is 23.9 Å². The van der Waals surface area contributed by atoms with Gasteiger partial charge in [0.15, 0.2) is 9.84 Å². The number of hydrogen-bond acceptors (Lipinski definition) is 4. The summed E-state index contributed by atoms with van der Waals surface area (Å²) in [4.78, 5) is 0.180. The second-order valence-electron chi connectivity index (χ2n) is 5.99. The predicted octanol–water partition coefficient (Wildman–Crippen LogP) is 2.77. The summed E-state index contributed by atoms with van der Waals surface area (Å²) in [5.74, 6) is 0.513. The van der Waals surface area contributed by atoms with Crippen molar-refractivity contribution in [2.45, 2.75) is 32.6 Å². The van der Waals surface area contributed by atoms with Crippen molar-refractivity contribution in [1.82, 2.24) is 0 Å². The first kappa shape index (κ1) is 15.8. The zero-order chi connectivity index (χ0) is 14.8. The van der Waals surface area contributed by atoms with Gasteiger partial charge in [-0.2, -0.15) is 0 Å². The number of sulfone groups is 1. The zero-order valence-corrected chi connectivity index (χ0v) is 13.1. The lowest BCUT2D eigenvalue weighted by molar-refractivity contribution is 0.270. The zero-order valence-electron chi connectivity index (χ0n) is 12.3. The van der Waals surface area contributed by atoms with Crippen LogP contribution in [-0.2, 0) is 9.84 Å². The van der Waals surface area contributed by atoms with Crippen molar-refractivity contribution in [1.29, 1.82) is 0 Å². The lowest BCUT2D eigenvalue weighted by Crippen LogP contribution is -2.28. The molecule has 0 bridgehead atoms. The molecule has 1 aromatic carbocycles. The Morgan fingerprint density at radius 1 is 1.32 bits per heavy atom. The van der Waals surface area contributed by atoms with Crippen molar-refractivity contribution in [3.63, 3.8) is 0 Å². The molecule has 0 heterocycles. The molecule has 0 saturated carbocycles. The quantitative estimate of drug-likeness (QED) is 0.816. The molecule has 0 fully saturated rings. The molecule has 0 aliphatic heterocycles. The van der Waals surface area contributed by atoms with Gasteiger partial charge in [0.25, 0.3) is 0 Å². The van der Waals surface area contributed by atoms with Crippen molar-refractivity contribution in [3.05, 3.63) is 18.2 Å². The van der Waals surface area contributed by atoms with Crippen LogP contribution in [0.1, 0.15) is 27.7 Å². The molecular weight excluding hydrogens is 260 g/mol. The van der Waals surface area contributed by atoms with Crippen molar-refractivity contribution in [2.24, 2.45) is 11.3 Å². The summed E-state index contributed by atoms with van der Waals surface area (Å²) in [7, 11) is -3.29. The summed E-state index contributed by atoms with van der Waals surface area (Å²) in [6.45, 7) is 9.40. The van der Waals surface area contributed by atoms with Crippen LogP contribution in [0.5, 0.6) is 0 Å². The fourth-order valence-electron chi connectivity index (χ4n) is 1.55. The van der Waals surface area contributed by atoms with Gasteiger partial charge in [-0.25, -0.2) is 8.42 Å². The molecule has 0 aliphatic carbocycles. The second-order valence-corrected chi connectivity index (χ2v) is 7.97. The van der Waals surface area contributed by atoms with Crippen LogP contribution in [0.3, 0.4) is 0 Å². The van der Waals surface area contributed by atoms with Gasteiger partial charge in [-0.1, -0.05) is 33.8 Å². The summed E-state index contributed by atoms with van der Waals surface area (Å²) in [5, 5.41) is 3.26. The fraction of sp³-hybridized carbons (Fsp3) is 0.571. The Labute approximate surface area is 116 Å². The monoisotopic (exact) mass is 284 g/mol. The third-order valence-corrected chi connectivity index (χ3v) is 4.92. The van der Waals surface area contributed by atoms with Gasteiger partial charge in [-0.05, 0) is 23.5 Å². The number of hydrogen-bond donors (Lipinski definition) is 2. The smallest absolute Gasteiger partial charge is 0.177 e. The highest BCUT2D eigenvalue weighted by molar-refractivity contribution is 7.90. The summed E-state index contributed by atoms with van der Waals surface area (Å²) in [6.07, 6.45) is 1.17. The van der Waals surface area contributed by atoms with E-state index in [1.807, 2.05) is 0 Å². The third kappa shape index (κ3) is 3.86. The maximum absolute atomic E-state index is 11.6. The summed E-state index contributed by atoms with van der Waals surface area (Å²) in [5.41, 5.74) is 7.01. The van der Waals surface area contributed by atoms with Crippen LogP contribution in [0.2, 0.25) is 0 Å². The predicted molar refractivity (Wildman–Crippen MR) is 81.1 cm³/mol. The van der Waals surface area contributed by atoms with Gasteiger partial charge < -0.3 is 11.1 Å². The van der Waals surface area contributed by atoms with Crippen molar-refractivity contribution < 1.29 is 8.42 Å². The average molecular weight is 284 g/mol. The summed E-state index contributed by atoms with van der Waals surface area (Å²) < 4.78 is 23.2. The van der Waals surface area contributed by atoms with Crippen molar-refractivity contribution in [3.8, 4) is 0 Å². The van der Waals surface area contributed by atoms with Gasteiger partial charge in [0.1, 0.15) is 0 Å². The highest BCUT2D eigenvalue weighted by atomic mass is 32.2. The normalized spacial score (nSPS) is 12.7. The largest absolute Gasteiger partial charge is 0.396 e. The fourth-order valence-corrected chi connectivity index (χ4v) is 2.38. The van der Waals surface area contributed by atoms with Gasteiger partial charge in [0.2, 0.25) is 0 Å². The highest BCUT2D eigenvalue weighted by Gasteiger charge is 2.22. The van der Waals surface area contributed by atoms with Crippen LogP contribution in [0.4, 0.5) is 11.4 Å². The Hall–Kier alpha value is -1.23. The molecule has 0 atom stereocenters. The number of rotatable bonds is 5. The molecule has 0 aliphatic rings. The van der Waals surface area contributed by atoms with E-state index in [1.165, 1.54) is 12.3 Å². The van der Waals surface area contributed by atoms with E-state index in [1.54, 1.807) is 12.1 Å². The Morgan fingerprint density at radius 2 is 1.89 bits per heavy atom. The first-order valence-electron chi connectivity index (χ1n) is 6.38. The number of nitrogens with one attached hydrogen (secondary N) is 1. The van der Waals surface area contributed by atoms with Crippen LogP contribution >= 0.6 is 0 Å². The summed E-state index contributed by atoms with van der Waals surface area (Å²) >= 11 is 0. The number of benzene rings is 1. The number of nitrogens with two attached hydrogens (primary N) is 1. The topological polar surface area (TPSA) is 72.2 Å². The lowest BCUT2D eigenvalue weighted by atomic mass is 9.81. The molecule has 1 aromatic rings. The van der Waals surface area contributed by atoms with Gasteiger partial charge in [0, 0.05) is 12.8 Å². The van der Waals surface area contributed by atoms with E-state index in [4.69, 9.17) is 5.73 Å². The van der Waals surface area contributed by atoms with Crippen LogP contribution in [0.25, 0.3) is 0 Å². The second kappa shape index (κ2) is 5.41. The molecule has 3 N–H and O–H groups in total. The Kier molecular flexibility index (Phi) is 4.50. The highest BCUT2D eigenvalue weighted by Crippen LogP contribution is 2.30. The first-order valence-corrected chi connectivity index (χ1v) is 8.27. The molecule has 0 amide bonds. The lowest BCUT2D eigenvalue weighted by Gasteiger charge is -2.30. The van der Waals surface area contributed by atoms with Gasteiger partial charge in [-0.3, -0.25) is 0 Å². The minimum Gasteiger partial charge on any atom is -0.396 e. The maximum Gasteiger partial charge on any atom is 0.177 e. The SMILES string of the molecule is CC(C)C(C)(C)CNc1cccc(S(C)(=O)=O)c1N. The van der Waals surface area contributed by atoms with Crippen LogP contribution in [0, 0.1) is 11.3 Å². The first-order chi connectivity index (χ1) is 8.55. The Bertz CT molecular complexity index is 549. The van der Waals surface area contributed by atoms with Gasteiger partial charge in [-0.15, -0.1) is 0 Å². The van der Waals surface area contributed by atoms with E-state index in [9.17, 15) is 8.42 Å². The molecule has 5 heteroatoms. The molecule has 108 valence electrons. The average Bonchev–Trinajstić information content (AvgIpc) is 2.25. The van der Waals surface area contributed by atoms with Crippen LogP contribution < -0.4 is 11.1 Å². The van der Waals surface area contributed by atoms with E-state index < -0.39 is 9.84 Å². The maximum atomic E-state index is 11.6. The number of nitrogen functional groups attached to an aromatic ring is 1. The Morgan fingerprint density at radius 3 is 2.37 bits per heavy atom. The van der Waals surface area contributed by atoms with Crippen LogP contribution in [-0.4, -0.2) is 21.2 Å².